The minimum absolute atomic E-state index is 0.148. The summed E-state index contributed by atoms with van der Waals surface area (Å²) < 4.78 is 0. The Labute approximate surface area is 120 Å². The quantitative estimate of drug-likeness (QED) is 0.727. The number of nitrogens with one attached hydrogen (secondary N) is 1. The van der Waals surface area contributed by atoms with Gasteiger partial charge in [-0.15, -0.1) is 6.58 Å². The Bertz CT molecular complexity index is 417. The molecule has 1 aliphatic rings. The van der Waals surface area contributed by atoms with Crippen LogP contribution < -0.4 is 5.32 Å². The number of rotatable bonds is 6. The fraction of sp³-hybridized carbons (Fsp3) is 0.600. The van der Waals surface area contributed by atoms with Gasteiger partial charge in [0.1, 0.15) is 6.04 Å². The maximum Gasteiger partial charge on any atom is 0.321 e. The summed E-state index contributed by atoms with van der Waals surface area (Å²) >= 11 is 0. The maximum absolute atomic E-state index is 11.4. The normalized spacial score (nSPS) is 25.2. The van der Waals surface area contributed by atoms with E-state index >= 15 is 0 Å². The molecule has 0 aromatic carbocycles. The van der Waals surface area contributed by atoms with E-state index in [0.29, 0.717) is 19.4 Å². The van der Waals surface area contributed by atoms with Gasteiger partial charge in [0.2, 0.25) is 5.91 Å². The average Bonchev–Trinajstić information content (AvgIpc) is 2.81. The van der Waals surface area contributed by atoms with Crippen LogP contribution in [-0.2, 0) is 9.59 Å². The number of nitrogens with zero attached hydrogens (tertiary/aromatic N) is 1. The zero-order chi connectivity index (χ0) is 15.3. The van der Waals surface area contributed by atoms with Crippen molar-refractivity contribution < 1.29 is 14.7 Å². The molecule has 2 N–H and O–H groups in total. The highest BCUT2D eigenvalue weighted by Gasteiger charge is 2.39. The topological polar surface area (TPSA) is 69.6 Å². The van der Waals surface area contributed by atoms with Crippen LogP contribution >= 0.6 is 0 Å². The van der Waals surface area contributed by atoms with Crippen molar-refractivity contribution in [2.45, 2.75) is 45.8 Å². The zero-order valence-corrected chi connectivity index (χ0v) is 12.4. The number of carbonyl (C=O) groups excluding carboxylic acids is 1. The predicted molar refractivity (Wildman–Crippen MR) is 78.1 cm³/mol. The highest BCUT2D eigenvalue weighted by Crippen LogP contribution is 2.27. The molecule has 1 amide bonds. The Morgan fingerprint density at radius 1 is 1.50 bits per heavy atom. The minimum Gasteiger partial charge on any atom is -0.480 e. The number of likely N-dealkylation sites (tertiary alicyclic amines) is 1. The predicted octanol–water partition coefficient (Wildman–Crippen LogP) is 1.77. The van der Waals surface area contributed by atoms with Crippen molar-refractivity contribution in [2.24, 2.45) is 5.92 Å². The summed E-state index contributed by atoms with van der Waals surface area (Å²) in [5.41, 5.74) is 1.12. The summed E-state index contributed by atoms with van der Waals surface area (Å²) in [5, 5.41) is 12.2. The molecular weight excluding hydrogens is 256 g/mol. The van der Waals surface area contributed by atoms with E-state index in [-0.39, 0.29) is 18.0 Å². The van der Waals surface area contributed by atoms with E-state index in [1.807, 2.05) is 24.8 Å². The van der Waals surface area contributed by atoms with E-state index in [0.717, 1.165) is 5.57 Å². The number of aliphatic carboxylic acids is 1. The molecule has 3 atom stereocenters. The van der Waals surface area contributed by atoms with E-state index in [4.69, 9.17) is 0 Å². The second-order valence-corrected chi connectivity index (χ2v) is 5.34. The molecule has 1 heterocycles. The van der Waals surface area contributed by atoms with E-state index < -0.39 is 12.0 Å². The summed E-state index contributed by atoms with van der Waals surface area (Å²) in [5.74, 6) is -0.841. The minimum atomic E-state index is -0.845. The fourth-order valence-electron chi connectivity index (χ4n) is 2.56. The lowest BCUT2D eigenvalue weighted by Gasteiger charge is -2.31. The second-order valence-electron chi connectivity index (χ2n) is 5.34. The number of hydrogen-bond donors (Lipinski definition) is 2. The first-order valence-corrected chi connectivity index (χ1v) is 6.89. The van der Waals surface area contributed by atoms with Gasteiger partial charge < -0.3 is 10.4 Å². The Kier molecular flexibility index (Phi) is 5.95. The van der Waals surface area contributed by atoms with Crippen molar-refractivity contribution in [3.05, 3.63) is 24.3 Å². The van der Waals surface area contributed by atoms with Gasteiger partial charge in [-0.05, 0) is 26.2 Å². The van der Waals surface area contributed by atoms with Gasteiger partial charge in [-0.1, -0.05) is 17.7 Å². The molecule has 20 heavy (non-hydrogen) atoms. The highest BCUT2D eigenvalue weighted by molar-refractivity contribution is 5.75. The van der Waals surface area contributed by atoms with Crippen LogP contribution in [0, 0.1) is 5.92 Å². The Hall–Kier alpha value is -1.62. The summed E-state index contributed by atoms with van der Waals surface area (Å²) in [6.07, 6.45) is 4.66. The Morgan fingerprint density at radius 2 is 2.15 bits per heavy atom. The summed E-state index contributed by atoms with van der Waals surface area (Å²) in [6, 6.07) is -0.570. The fourth-order valence-corrected chi connectivity index (χ4v) is 2.56. The summed E-state index contributed by atoms with van der Waals surface area (Å²) in [6.45, 7) is 9.73. The number of amides is 1. The SMILES string of the molecule is C=CC1CC(C(=O)O)N(C(C/C(C)=C/C)NC(C)=O)C1. The largest absolute Gasteiger partial charge is 0.480 e. The first kappa shape index (κ1) is 16.4. The third-order valence-electron chi connectivity index (χ3n) is 3.77. The van der Waals surface area contributed by atoms with Gasteiger partial charge in [-0.3, -0.25) is 14.5 Å². The van der Waals surface area contributed by atoms with Crippen LogP contribution in [0.3, 0.4) is 0 Å². The van der Waals surface area contributed by atoms with Gasteiger partial charge in [0.05, 0.1) is 6.17 Å². The first-order valence-electron chi connectivity index (χ1n) is 6.89. The lowest BCUT2D eigenvalue weighted by Crippen LogP contribution is -2.52. The monoisotopic (exact) mass is 280 g/mol. The van der Waals surface area contributed by atoms with Crippen molar-refractivity contribution in [2.75, 3.05) is 6.54 Å². The molecule has 0 aromatic rings. The lowest BCUT2D eigenvalue weighted by molar-refractivity contribution is -0.144. The van der Waals surface area contributed by atoms with Gasteiger partial charge in [-0.25, -0.2) is 0 Å². The van der Waals surface area contributed by atoms with Crippen molar-refractivity contribution in [1.82, 2.24) is 10.2 Å². The van der Waals surface area contributed by atoms with Gasteiger partial charge in [0.25, 0.3) is 0 Å². The van der Waals surface area contributed by atoms with Crippen molar-refractivity contribution in [1.29, 1.82) is 0 Å². The van der Waals surface area contributed by atoms with Crippen LogP contribution in [0.15, 0.2) is 24.3 Å². The van der Waals surface area contributed by atoms with E-state index in [1.54, 1.807) is 6.08 Å². The molecule has 3 unspecified atom stereocenters. The van der Waals surface area contributed by atoms with Gasteiger partial charge >= 0.3 is 5.97 Å². The molecule has 0 bridgehead atoms. The molecule has 0 aliphatic carbocycles. The van der Waals surface area contributed by atoms with E-state index in [1.165, 1.54) is 6.92 Å². The van der Waals surface area contributed by atoms with Crippen LogP contribution in [-0.4, -0.2) is 40.6 Å². The number of hydrogen-bond acceptors (Lipinski definition) is 3. The number of carboxylic acids is 1. The third-order valence-corrected chi connectivity index (χ3v) is 3.77. The molecule has 5 heteroatoms. The Morgan fingerprint density at radius 3 is 2.60 bits per heavy atom. The standard InChI is InChI=1S/C15H24N2O3/c1-5-10(3)7-14(16-11(4)18)17-9-12(6-2)8-13(17)15(19)20/h5-6,12-14H,2,7-9H2,1,3-4H3,(H,16,18)(H,19,20)/b10-5+. The summed E-state index contributed by atoms with van der Waals surface area (Å²) in [7, 11) is 0. The van der Waals surface area contributed by atoms with Crippen molar-refractivity contribution in [3.63, 3.8) is 0 Å². The smallest absolute Gasteiger partial charge is 0.321 e. The van der Waals surface area contributed by atoms with Crippen molar-refractivity contribution in [3.8, 4) is 0 Å². The highest BCUT2D eigenvalue weighted by atomic mass is 16.4. The van der Waals surface area contributed by atoms with E-state index in [2.05, 4.69) is 11.9 Å². The van der Waals surface area contributed by atoms with E-state index in [9.17, 15) is 14.7 Å². The zero-order valence-electron chi connectivity index (χ0n) is 12.4. The molecular formula is C15H24N2O3. The second kappa shape index (κ2) is 7.24. The van der Waals surface area contributed by atoms with Crippen molar-refractivity contribution >= 4 is 11.9 Å². The number of carboxylic acid groups (broad SMARTS) is 1. The molecule has 1 saturated heterocycles. The van der Waals surface area contributed by atoms with Gasteiger partial charge in [0.15, 0.2) is 0 Å². The van der Waals surface area contributed by atoms with Gasteiger partial charge in [-0.2, -0.15) is 0 Å². The van der Waals surface area contributed by atoms with Crippen LogP contribution in [0.5, 0.6) is 0 Å². The Balaban J connectivity index is 2.94. The molecule has 0 radical (unpaired) electrons. The van der Waals surface area contributed by atoms with Crippen LogP contribution in [0.2, 0.25) is 0 Å². The van der Waals surface area contributed by atoms with Gasteiger partial charge in [0, 0.05) is 19.9 Å². The van der Waals surface area contributed by atoms with Crippen LogP contribution in [0.1, 0.15) is 33.6 Å². The molecule has 5 nitrogen and oxygen atoms in total. The van der Waals surface area contributed by atoms with Crippen LogP contribution in [0.25, 0.3) is 0 Å². The average molecular weight is 280 g/mol. The molecule has 0 saturated carbocycles. The maximum atomic E-state index is 11.4. The third kappa shape index (κ3) is 4.20. The number of carbonyl (C=O) groups is 2. The molecule has 0 spiro atoms. The molecule has 1 aliphatic heterocycles. The first-order chi connectivity index (χ1) is 9.38. The summed E-state index contributed by atoms with van der Waals surface area (Å²) in [4.78, 5) is 24.7. The van der Waals surface area contributed by atoms with Crippen LogP contribution in [0.4, 0.5) is 0 Å². The lowest BCUT2D eigenvalue weighted by atomic mass is 10.1. The molecule has 112 valence electrons. The molecule has 0 aromatic heterocycles. The number of allylic oxidation sites excluding steroid dienone is 1. The molecule has 1 fully saturated rings. The molecule has 1 rings (SSSR count).